The Morgan fingerprint density at radius 3 is 3.10 bits per heavy atom. The zero-order valence-electron chi connectivity index (χ0n) is 12.0. The fourth-order valence-corrected chi connectivity index (χ4v) is 3.97. The van der Waals surface area contributed by atoms with Gasteiger partial charge in [-0.3, -0.25) is 4.68 Å². The summed E-state index contributed by atoms with van der Waals surface area (Å²) in [4.78, 5) is 11.4. The van der Waals surface area contributed by atoms with Gasteiger partial charge in [0.1, 0.15) is 12.1 Å². The lowest BCUT2D eigenvalue weighted by molar-refractivity contribution is 0.441. The minimum absolute atomic E-state index is 0.577. The van der Waals surface area contributed by atoms with E-state index in [0.717, 1.165) is 54.7 Å². The second-order valence-electron chi connectivity index (χ2n) is 5.91. The number of rotatable bonds is 2. The molecule has 2 fully saturated rings. The first-order valence-electron chi connectivity index (χ1n) is 7.39. The first-order chi connectivity index (χ1) is 9.79. The summed E-state index contributed by atoms with van der Waals surface area (Å²) in [6.45, 7) is 5.65. The van der Waals surface area contributed by atoms with E-state index in [1.54, 1.807) is 6.33 Å². The molecule has 0 aromatic carbocycles. The van der Waals surface area contributed by atoms with Crippen molar-refractivity contribution in [3.05, 3.63) is 12.5 Å². The molecule has 3 unspecified atom stereocenters. The first kappa shape index (κ1) is 12.1. The summed E-state index contributed by atoms with van der Waals surface area (Å²) in [5.74, 6) is 2.56. The SMILES string of the molecule is CCC1C2CNCC2CN1c1ncnc2c1cnn2C. The maximum absolute atomic E-state index is 4.57. The van der Waals surface area contributed by atoms with Crippen LogP contribution in [-0.2, 0) is 7.05 Å². The van der Waals surface area contributed by atoms with Gasteiger partial charge >= 0.3 is 0 Å². The highest BCUT2D eigenvalue weighted by Gasteiger charge is 2.44. The highest BCUT2D eigenvalue weighted by Crippen LogP contribution is 2.38. The normalized spacial score (nSPS) is 29.3. The second kappa shape index (κ2) is 4.41. The zero-order chi connectivity index (χ0) is 13.7. The molecule has 20 heavy (non-hydrogen) atoms. The molecule has 6 heteroatoms. The van der Waals surface area contributed by atoms with Crippen LogP contribution in [0.1, 0.15) is 13.3 Å². The Kier molecular flexibility index (Phi) is 2.66. The van der Waals surface area contributed by atoms with Crippen molar-refractivity contribution < 1.29 is 0 Å². The smallest absolute Gasteiger partial charge is 0.163 e. The van der Waals surface area contributed by atoms with Crippen molar-refractivity contribution in [3.63, 3.8) is 0 Å². The quantitative estimate of drug-likeness (QED) is 0.876. The van der Waals surface area contributed by atoms with Crippen LogP contribution < -0.4 is 10.2 Å². The first-order valence-corrected chi connectivity index (χ1v) is 7.39. The van der Waals surface area contributed by atoms with Crippen molar-refractivity contribution in [1.29, 1.82) is 0 Å². The molecule has 3 atom stereocenters. The van der Waals surface area contributed by atoms with Gasteiger partial charge in [-0.1, -0.05) is 6.92 Å². The molecule has 0 bridgehead atoms. The average molecular weight is 272 g/mol. The van der Waals surface area contributed by atoms with E-state index >= 15 is 0 Å². The van der Waals surface area contributed by atoms with Crippen molar-refractivity contribution in [2.24, 2.45) is 18.9 Å². The van der Waals surface area contributed by atoms with E-state index in [9.17, 15) is 0 Å². The zero-order valence-corrected chi connectivity index (χ0v) is 12.0. The van der Waals surface area contributed by atoms with Crippen molar-refractivity contribution in [1.82, 2.24) is 25.1 Å². The molecule has 0 amide bonds. The van der Waals surface area contributed by atoms with Crippen molar-refractivity contribution >= 4 is 16.9 Å². The third kappa shape index (κ3) is 1.57. The van der Waals surface area contributed by atoms with Crippen LogP contribution in [0.5, 0.6) is 0 Å². The molecule has 4 heterocycles. The summed E-state index contributed by atoms with van der Waals surface area (Å²) in [6, 6.07) is 0.577. The third-order valence-electron chi connectivity index (χ3n) is 4.92. The van der Waals surface area contributed by atoms with Gasteiger partial charge in [0.15, 0.2) is 5.65 Å². The highest BCUT2D eigenvalue weighted by molar-refractivity contribution is 5.87. The molecule has 4 rings (SSSR count). The number of anilines is 1. The molecule has 0 radical (unpaired) electrons. The van der Waals surface area contributed by atoms with Crippen molar-refractivity contribution in [2.75, 3.05) is 24.5 Å². The van der Waals surface area contributed by atoms with E-state index in [1.165, 1.54) is 0 Å². The monoisotopic (exact) mass is 272 g/mol. The van der Waals surface area contributed by atoms with Gasteiger partial charge < -0.3 is 10.2 Å². The number of hydrogen-bond acceptors (Lipinski definition) is 5. The average Bonchev–Trinajstić information content (AvgIpc) is 3.12. The Morgan fingerprint density at radius 1 is 1.35 bits per heavy atom. The number of fused-ring (bicyclic) bond motifs is 2. The van der Waals surface area contributed by atoms with Crippen molar-refractivity contribution in [3.8, 4) is 0 Å². The summed E-state index contributed by atoms with van der Waals surface area (Å²) >= 11 is 0. The molecule has 0 aliphatic carbocycles. The number of aromatic nitrogens is 4. The lowest BCUT2D eigenvalue weighted by Gasteiger charge is -2.28. The van der Waals surface area contributed by atoms with Gasteiger partial charge in [0.2, 0.25) is 0 Å². The van der Waals surface area contributed by atoms with Gasteiger partial charge in [-0.15, -0.1) is 0 Å². The van der Waals surface area contributed by atoms with Crippen LogP contribution in [0.25, 0.3) is 11.0 Å². The van der Waals surface area contributed by atoms with Gasteiger partial charge in [0.25, 0.3) is 0 Å². The Bertz CT molecular complexity index is 636. The minimum atomic E-state index is 0.577. The Hall–Kier alpha value is -1.69. The van der Waals surface area contributed by atoms with Crippen LogP contribution in [0.2, 0.25) is 0 Å². The fraction of sp³-hybridized carbons (Fsp3) is 0.643. The second-order valence-corrected chi connectivity index (χ2v) is 5.91. The van der Waals surface area contributed by atoms with E-state index < -0.39 is 0 Å². The molecule has 6 nitrogen and oxygen atoms in total. The van der Waals surface area contributed by atoms with E-state index in [4.69, 9.17) is 0 Å². The molecule has 1 N–H and O–H groups in total. The van der Waals surface area contributed by atoms with E-state index in [1.807, 2.05) is 17.9 Å². The maximum atomic E-state index is 4.57. The highest BCUT2D eigenvalue weighted by atomic mass is 15.3. The molecule has 2 aromatic rings. The van der Waals surface area contributed by atoms with Gasteiger partial charge in [-0.05, 0) is 18.3 Å². The maximum Gasteiger partial charge on any atom is 0.163 e. The number of hydrogen-bond donors (Lipinski definition) is 1. The Balaban J connectivity index is 1.79. The lowest BCUT2D eigenvalue weighted by Crippen LogP contribution is -2.35. The topological polar surface area (TPSA) is 58.9 Å². The summed E-state index contributed by atoms with van der Waals surface area (Å²) in [7, 11) is 1.93. The van der Waals surface area contributed by atoms with Crippen LogP contribution in [0.3, 0.4) is 0 Å². The molecule has 0 saturated carbocycles. The van der Waals surface area contributed by atoms with E-state index in [0.29, 0.717) is 6.04 Å². The van der Waals surface area contributed by atoms with Gasteiger partial charge in [0, 0.05) is 32.7 Å². The Labute approximate surface area is 118 Å². The third-order valence-corrected chi connectivity index (χ3v) is 4.92. The molecule has 106 valence electrons. The number of nitrogens with zero attached hydrogens (tertiary/aromatic N) is 5. The molecular weight excluding hydrogens is 252 g/mol. The molecule has 0 spiro atoms. The van der Waals surface area contributed by atoms with Gasteiger partial charge in [0.05, 0.1) is 11.6 Å². The molecular formula is C14H20N6. The molecule has 2 aliphatic rings. The molecule has 2 saturated heterocycles. The summed E-state index contributed by atoms with van der Waals surface area (Å²) in [5, 5.41) is 8.92. The lowest BCUT2D eigenvalue weighted by atomic mass is 9.93. The van der Waals surface area contributed by atoms with E-state index in [2.05, 4.69) is 32.2 Å². The van der Waals surface area contributed by atoms with Crippen LogP contribution in [0.4, 0.5) is 5.82 Å². The summed E-state index contributed by atoms with van der Waals surface area (Å²) < 4.78 is 1.82. The number of aryl methyl sites for hydroxylation is 1. The van der Waals surface area contributed by atoms with Gasteiger partial charge in [-0.2, -0.15) is 5.10 Å². The Morgan fingerprint density at radius 2 is 2.25 bits per heavy atom. The largest absolute Gasteiger partial charge is 0.352 e. The number of nitrogens with one attached hydrogen (secondary N) is 1. The van der Waals surface area contributed by atoms with Crippen LogP contribution >= 0.6 is 0 Å². The summed E-state index contributed by atoms with van der Waals surface area (Å²) in [6.07, 6.45) is 4.72. The van der Waals surface area contributed by atoms with Crippen LogP contribution in [0, 0.1) is 11.8 Å². The van der Waals surface area contributed by atoms with Crippen molar-refractivity contribution in [2.45, 2.75) is 19.4 Å². The van der Waals surface area contributed by atoms with Crippen LogP contribution in [0.15, 0.2) is 12.5 Å². The predicted molar refractivity (Wildman–Crippen MR) is 77.6 cm³/mol. The molecule has 2 aromatic heterocycles. The standard InChI is InChI=1S/C14H20N6/c1-3-12-10-5-15-4-9(10)7-20(12)14-11-6-18-19(2)13(11)16-8-17-14/h6,8-10,12,15H,3-5,7H2,1-2H3. The summed E-state index contributed by atoms with van der Waals surface area (Å²) in [5.41, 5.74) is 0.917. The predicted octanol–water partition coefficient (Wildman–Crippen LogP) is 0.797. The molecule has 2 aliphatic heterocycles. The minimum Gasteiger partial charge on any atom is -0.352 e. The van der Waals surface area contributed by atoms with Gasteiger partial charge in [-0.25, -0.2) is 9.97 Å². The van der Waals surface area contributed by atoms with Crippen LogP contribution in [-0.4, -0.2) is 45.4 Å². The fourth-order valence-electron chi connectivity index (χ4n) is 3.97. The van der Waals surface area contributed by atoms with E-state index in [-0.39, 0.29) is 0 Å².